The highest BCUT2D eigenvalue weighted by Crippen LogP contribution is 2.38. The van der Waals surface area contributed by atoms with Crippen molar-refractivity contribution in [3.63, 3.8) is 0 Å². The Morgan fingerprint density at radius 2 is 2.00 bits per heavy atom. The number of nitrogens with zero attached hydrogens (tertiary/aromatic N) is 4. The quantitative estimate of drug-likeness (QED) is 0.860. The summed E-state index contributed by atoms with van der Waals surface area (Å²) in [5, 5.41) is 0. The first kappa shape index (κ1) is 16.3. The van der Waals surface area contributed by atoms with E-state index in [1.54, 1.807) is 12.4 Å². The standard InChI is InChI=1S/C20H26N4O/c1-15-13-22-20(17-5-2-6-17)24(15)18-7-10-23(11-8-18)19(25)12-16-4-3-9-21-14-16/h3-4,9,13-14,17-18H,2,5-8,10-12H2,1H3. The van der Waals surface area contributed by atoms with Gasteiger partial charge < -0.3 is 9.47 Å². The van der Waals surface area contributed by atoms with E-state index < -0.39 is 0 Å². The minimum absolute atomic E-state index is 0.216. The van der Waals surface area contributed by atoms with Crippen LogP contribution in [0.4, 0.5) is 0 Å². The molecule has 132 valence electrons. The first-order chi connectivity index (χ1) is 12.2. The molecule has 0 aromatic carbocycles. The first-order valence-electron chi connectivity index (χ1n) is 9.43. The molecular weight excluding hydrogens is 312 g/mol. The molecule has 0 unspecified atom stereocenters. The summed E-state index contributed by atoms with van der Waals surface area (Å²) in [6.45, 7) is 3.84. The molecule has 25 heavy (non-hydrogen) atoms. The van der Waals surface area contributed by atoms with Crippen molar-refractivity contribution in [1.82, 2.24) is 19.4 Å². The SMILES string of the molecule is Cc1cnc(C2CCC2)n1C1CCN(C(=O)Cc2cccnc2)CC1. The summed E-state index contributed by atoms with van der Waals surface area (Å²) in [6.07, 6.45) is 11.9. The Labute approximate surface area is 149 Å². The predicted molar refractivity (Wildman–Crippen MR) is 96.3 cm³/mol. The fourth-order valence-electron chi connectivity index (χ4n) is 4.07. The Kier molecular flexibility index (Phi) is 4.55. The maximum Gasteiger partial charge on any atom is 0.227 e. The third-order valence-electron chi connectivity index (χ3n) is 5.74. The first-order valence-corrected chi connectivity index (χ1v) is 9.43. The lowest BCUT2D eigenvalue weighted by molar-refractivity contribution is -0.131. The van der Waals surface area contributed by atoms with Crippen LogP contribution < -0.4 is 0 Å². The molecule has 1 aliphatic heterocycles. The molecule has 2 aromatic rings. The highest BCUT2D eigenvalue weighted by Gasteiger charge is 2.30. The zero-order valence-electron chi connectivity index (χ0n) is 14.9. The van der Waals surface area contributed by atoms with Gasteiger partial charge in [0.05, 0.1) is 6.42 Å². The molecule has 0 radical (unpaired) electrons. The molecule has 4 rings (SSSR count). The van der Waals surface area contributed by atoms with Crippen molar-refractivity contribution < 1.29 is 4.79 Å². The largest absolute Gasteiger partial charge is 0.342 e. The average Bonchev–Trinajstić information content (AvgIpc) is 2.95. The van der Waals surface area contributed by atoms with E-state index in [2.05, 4.69) is 16.5 Å². The van der Waals surface area contributed by atoms with E-state index in [1.165, 1.54) is 30.8 Å². The molecule has 0 atom stereocenters. The summed E-state index contributed by atoms with van der Waals surface area (Å²) >= 11 is 0. The zero-order chi connectivity index (χ0) is 17.2. The second-order valence-electron chi connectivity index (χ2n) is 7.41. The number of rotatable bonds is 4. The van der Waals surface area contributed by atoms with E-state index >= 15 is 0 Å². The Bertz CT molecular complexity index is 727. The van der Waals surface area contributed by atoms with Crippen LogP contribution in [0.25, 0.3) is 0 Å². The van der Waals surface area contributed by atoms with Crippen LogP contribution in [-0.2, 0) is 11.2 Å². The fourth-order valence-corrected chi connectivity index (χ4v) is 4.07. The second-order valence-corrected chi connectivity index (χ2v) is 7.41. The lowest BCUT2D eigenvalue weighted by atomic mass is 9.84. The van der Waals surface area contributed by atoms with Crippen LogP contribution in [0.5, 0.6) is 0 Å². The van der Waals surface area contributed by atoms with Crippen LogP contribution in [0.3, 0.4) is 0 Å². The summed E-state index contributed by atoms with van der Waals surface area (Å²) in [5.74, 6) is 2.15. The topological polar surface area (TPSA) is 51.0 Å². The van der Waals surface area contributed by atoms with Gasteiger partial charge in [0, 0.05) is 49.3 Å². The fraction of sp³-hybridized carbons (Fsp3) is 0.550. The van der Waals surface area contributed by atoms with Gasteiger partial charge in [-0.15, -0.1) is 0 Å². The summed E-state index contributed by atoms with van der Waals surface area (Å²) in [7, 11) is 0. The molecule has 1 saturated heterocycles. The Hall–Kier alpha value is -2.17. The number of imidazole rings is 1. The Morgan fingerprint density at radius 1 is 1.20 bits per heavy atom. The molecule has 3 heterocycles. The van der Waals surface area contributed by atoms with Crippen molar-refractivity contribution in [3.8, 4) is 0 Å². The van der Waals surface area contributed by atoms with Crippen LogP contribution in [0.2, 0.25) is 0 Å². The average molecular weight is 338 g/mol. The maximum atomic E-state index is 12.5. The number of aryl methyl sites for hydroxylation is 1. The number of hydrogen-bond donors (Lipinski definition) is 0. The van der Waals surface area contributed by atoms with Crippen molar-refractivity contribution in [1.29, 1.82) is 0 Å². The number of piperidine rings is 1. The summed E-state index contributed by atoms with van der Waals surface area (Å²) < 4.78 is 2.47. The number of carbonyl (C=O) groups excluding carboxylic acids is 1. The number of pyridine rings is 1. The van der Waals surface area contributed by atoms with Gasteiger partial charge in [-0.1, -0.05) is 12.5 Å². The maximum absolute atomic E-state index is 12.5. The minimum atomic E-state index is 0.216. The predicted octanol–water partition coefficient (Wildman–Crippen LogP) is 3.26. The molecule has 2 fully saturated rings. The van der Waals surface area contributed by atoms with Crippen LogP contribution in [0.1, 0.15) is 61.1 Å². The van der Waals surface area contributed by atoms with Gasteiger partial charge in [-0.05, 0) is 44.2 Å². The Balaban J connectivity index is 1.39. The van der Waals surface area contributed by atoms with Crippen LogP contribution in [-0.4, -0.2) is 38.4 Å². The molecule has 1 saturated carbocycles. The smallest absolute Gasteiger partial charge is 0.227 e. The number of likely N-dealkylation sites (tertiary alicyclic amines) is 1. The molecule has 5 nitrogen and oxygen atoms in total. The lowest BCUT2D eigenvalue weighted by Gasteiger charge is -2.36. The van der Waals surface area contributed by atoms with Crippen molar-refractivity contribution in [3.05, 3.63) is 47.8 Å². The summed E-state index contributed by atoms with van der Waals surface area (Å²) in [4.78, 5) is 23.3. The molecule has 2 aliphatic rings. The van der Waals surface area contributed by atoms with E-state index in [0.717, 1.165) is 31.5 Å². The Morgan fingerprint density at radius 3 is 2.64 bits per heavy atom. The number of aromatic nitrogens is 3. The van der Waals surface area contributed by atoms with Crippen LogP contribution >= 0.6 is 0 Å². The molecule has 1 amide bonds. The van der Waals surface area contributed by atoms with Crippen molar-refractivity contribution in [2.45, 2.75) is 57.4 Å². The third kappa shape index (κ3) is 3.32. The minimum Gasteiger partial charge on any atom is -0.342 e. The van der Waals surface area contributed by atoms with Gasteiger partial charge in [-0.25, -0.2) is 4.98 Å². The summed E-state index contributed by atoms with van der Waals surface area (Å²) in [6, 6.07) is 4.34. The van der Waals surface area contributed by atoms with E-state index in [1.807, 2.05) is 23.2 Å². The highest BCUT2D eigenvalue weighted by atomic mass is 16.2. The van der Waals surface area contributed by atoms with Crippen molar-refractivity contribution in [2.75, 3.05) is 13.1 Å². The van der Waals surface area contributed by atoms with Crippen molar-refractivity contribution >= 4 is 5.91 Å². The molecule has 0 bridgehead atoms. The van der Waals surface area contributed by atoms with Gasteiger partial charge in [-0.2, -0.15) is 0 Å². The van der Waals surface area contributed by atoms with Gasteiger partial charge in [0.2, 0.25) is 5.91 Å². The van der Waals surface area contributed by atoms with Crippen LogP contribution in [0.15, 0.2) is 30.7 Å². The van der Waals surface area contributed by atoms with Crippen molar-refractivity contribution in [2.24, 2.45) is 0 Å². The van der Waals surface area contributed by atoms with E-state index in [9.17, 15) is 4.79 Å². The molecule has 5 heteroatoms. The van der Waals surface area contributed by atoms with Gasteiger partial charge in [0.1, 0.15) is 5.82 Å². The molecule has 2 aromatic heterocycles. The summed E-state index contributed by atoms with van der Waals surface area (Å²) in [5.41, 5.74) is 2.26. The van der Waals surface area contributed by atoms with E-state index in [4.69, 9.17) is 4.98 Å². The van der Waals surface area contributed by atoms with Gasteiger partial charge >= 0.3 is 0 Å². The van der Waals surface area contributed by atoms with E-state index in [0.29, 0.717) is 18.4 Å². The van der Waals surface area contributed by atoms with Gasteiger partial charge in [-0.3, -0.25) is 9.78 Å². The van der Waals surface area contributed by atoms with Crippen LogP contribution in [0, 0.1) is 6.92 Å². The van der Waals surface area contributed by atoms with E-state index in [-0.39, 0.29) is 5.91 Å². The normalized spacial score (nSPS) is 19.0. The zero-order valence-corrected chi connectivity index (χ0v) is 14.9. The number of hydrogen-bond acceptors (Lipinski definition) is 3. The highest BCUT2D eigenvalue weighted by molar-refractivity contribution is 5.78. The molecule has 0 N–H and O–H groups in total. The monoisotopic (exact) mass is 338 g/mol. The molecule has 0 spiro atoms. The second kappa shape index (κ2) is 6.98. The lowest BCUT2D eigenvalue weighted by Crippen LogP contribution is -2.40. The van der Waals surface area contributed by atoms with Gasteiger partial charge in [0.15, 0.2) is 0 Å². The molecular formula is C20H26N4O. The number of carbonyl (C=O) groups is 1. The van der Waals surface area contributed by atoms with Gasteiger partial charge in [0.25, 0.3) is 0 Å². The molecule has 1 aliphatic carbocycles. The third-order valence-corrected chi connectivity index (χ3v) is 5.74. The number of amides is 1.